The van der Waals surface area contributed by atoms with Gasteiger partial charge in [0.15, 0.2) is 0 Å². The van der Waals surface area contributed by atoms with Gasteiger partial charge >= 0.3 is 23.4 Å². The Hall–Kier alpha value is -3.66. The predicted molar refractivity (Wildman–Crippen MR) is 163 cm³/mol. The fourth-order valence-electron chi connectivity index (χ4n) is 5.01. The van der Waals surface area contributed by atoms with Crippen LogP contribution >= 0.6 is 11.6 Å². The highest BCUT2D eigenvalue weighted by Crippen LogP contribution is 2.43. The number of benzene rings is 3. The maximum Gasteiger partial charge on any atom is 0.513 e. The molecule has 1 aliphatic heterocycles. The molecule has 0 spiro atoms. The summed E-state index contributed by atoms with van der Waals surface area (Å²) < 4.78 is 89.7. The second kappa shape index (κ2) is 13.4. The molecular formula is C29H29ClF3N3O7S2. The van der Waals surface area contributed by atoms with Crippen molar-refractivity contribution in [2.75, 3.05) is 23.0 Å². The van der Waals surface area contributed by atoms with E-state index in [9.17, 15) is 39.6 Å². The molecule has 0 aliphatic carbocycles. The van der Waals surface area contributed by atoms with Gasteiger partial charge < -0.3 is 14.5 Å². The molecule has 2 atom stereocenters. The Morgan fingerprint density at radius 2 is 1.62 bits per heavy atom. The monoisotopic (exact) mass is 687 g/mol. The first kappa shape index (κ1) is 34.2. The van der Waals surface area contributed by atoms with Gasteiger partial charge in [0.2, 0.25) is 5.91 Å². The predicted octanol–water partition coefficient (Wildman–Crippen LogP) is 5.41. The minimum absolute atomic E-state index is 0.135. The Balaban J connectivity index is 1.44. The van der Waals surface area contributed by atoms with Crippen molar-refractivity contribution in [3.63, 3.8) is 0 Å². The average molecular weight is 688 g/mol. The Morgan fingerprint density at radius 3 is 2.22 bits per heavy atom. The highest BCUT2D eigenvalue weighted by Gasteiger charge is 2.55. The van der Waals surface area contributed by atoms with E-state index in [0.29, 0.717) is 34.1 Å². The number of alkyl halides is 3. The van der Waals surface area contributed by atoms with Crippen LogP contribution < -0.4 is 19.3 Å². The smallest absolute Gasteiger partial charge is 0.494 e. The highest BCUT2D eigenvalue weighted by atomic mass is 35.5. The van der Waals surface area contributed by atoms with E-state index in [1.807, 2.05) is 31.2 Å². The molecule has 1 aliphatic rings. The second-order valence-electron chi connectivity index (χ2n) is 10.2. The topological polar surface area (TPSA) is 130 Å². The summed E-state index contributed by atoms with van der Waals surface area (Å²) >= 11 is 6.06. The maximum atomic E-state index is 13.7. The summed E-state index contributed by atoms with van der Waals surface area (Å²) in [6.07, 6.45) is 0.323. The molecule has 45 heavy (non-hydrogen) atoms. The number of rotatable bonds is 10. The van der Waals surface area contributed by atoms with Gasteiger partial charge in [-0.25, -0.2) is 13.1 Å². The molecule has 1 N–H and O–H groups in total. The van der Waals surface area contributed by atoms with Crippen LogP contribution in [0.1, 0.15) is 48.7 Å². The number of fused-ring (bicyclic) bond motifs is 1. The number of amides is 2. The minimum Gasteiger partial charge on any atom is -0.494 e. The molecule has 0 aromatic heterocycles. The van der Waals surface area contributed by atoms with Crippen LogP contribution in [0.2, 0.25) is 5.02 Å². The van der Waals surface area contributed by atoms with Gasteiger partial charge in [0.25, 0.3) is 5.91 Å². The lowest BCUT2D eigenvalue weighted by molar-refractivity contribution is -0.117. The van der Waals surface area contributed by atoms with E-state index < -0.39 is 30.0 Å². The Kier molecular flexibility index (Phi) is 10.2. The van der Waals surface area contributed by atoms with E-state index in [1.165, 1.54) is 35.9 Å². The number of para-hydroxylation sites is 1. The number of carbonyl (C=O) groups is 2. The molecule has 0 bridgehead atoms. The quantitative estimate of drug-likeness (QED) is 0.223. The SMILES string of the molecule is CC(=O)N(c1ccc(Cl)cc1)[C@@H]1C[C@H](C)N(C(=O)c2ccc(OCCCNS(=O)(=O)S(=O)(=O)C(F)(F)F)cc2)c2ccccc21. The van der Waals surface area contributed by atoms with Gasteiger partial charge in [-0.2, -0.15) is 21.6 Å². The van der Waals surface area contributed by atoms with Crippen molar-refractivity contribution in [2.45, 2.75) is 44.3 Å². The molecule has 4 rings (SSSR count). The Morgan fingerprint density at radius 1 is 1.00 bits per heavy atom. The zero-order valence-corrected chi connectivity index (χ0v) is 26.4. The zero-order valence-electron chi connectivity index (χ0n) is 24.0. The Labute approximate surface area is 263 Å². The minimum atomic E-state index is -6.42. The third kappa shape index (κ3) is 7.27. The van der Waals surface area contributed by atoms with Crippen LogP contribution in [0.5, 0.6) is 5.75 Å². The average Bonchev–Trinajstić information content (AvgIpc) is 2.97. The lowest BCUT2D eigenvalue weighted by Gasteiger charge is -2.43. The summed E-state index contributed by atoms with van der Waals surface area (Å²) in [7, 11) is -12.1. The molecule has 0 fully saturated rings. The number of ether oxygens (including phenoxy) is 1. The molecule has 10 nitrogen and oxygen atoms in total. The fraction of sp³-hybridized carbons (Fsp3) is 0.310. The van der Waals surface area contributed by atoms with Crippen molar-refractivity contribution in [3.8, 4) is 5.75 Å². The van der Waals surface area contributed by atoms with E-state index in [4.69, 9.17) is 16.3 Å². The van der Waals surface area contributed by atoms with Crippen LogP contribution in [0.3, 0.4) is 0 Å². The third-order valence-corrected chi connectivity index (χ3v) is 11.7. The number of anilines is 2. The molecule has 2 amide bonds. The van der Waals surface area contributed by atoms with Crippen molar-refractivity contribution < 1.29 is 44.3 Å². The molecule has 16 heteroatoms. The molecule has 0 saturated carbocycles. The van der Waals surface area contributed by atoms with Crippen molar-refractivity contribution in [2.24, 2.45) is 0 Å². The van der Waals surface area contributed by atoms with Gasteiger partial charge in [0.1, 0.15) is 5.75 Å². The van der Waals surface area contributed by atoms with Crippen LogP contribution in [-0.2, 0) is 22.7 Å². The summed E-state index contributed by atoms with van der Waals surface area (Å²) in [4.78, 5) is 30.0. The fourth-order valence-corrected chi connectivity index (χ4v) is 7.40. The Bertz CT molecular complexity index is 1770. The first-order chi connectivity index (χ1) is 21.0. The van der Waals surface area contributed by atoms with E-state index >= 15 is 0 Å². The lowest BCUT2D eigenvalue weighted by Crippen LogP contribution is -2.47. The van der Waals surface area contributed by atoms with Gasteiger partial charge in [-0.05, 0) is 79.9 Å². The first-order valence-electron chi connectivity index (χ1n) is 13.6. The van der Waals surface area contributed by atoms with Crippen LogP contribution in [-0.4, -0.2) is 53.4 Å². The standard InChI is InChI=1S/C29H29ClF3N3O7S2/c1-19-18-27(36(20(2)37)23-12-10-22(30)11-13-23)25-6-3-4-7-26(25)35(19)28(38)21-8-14-24(15-9-21)43-17-5-16-34-45(41,42)44(39,40)29(31,32)33/h3-4,6-15,19,27,34H,5,16-18H2,1-2H3/t19-,27+/m0/s1. The summed E-state index contributed by atoms with van der Waals surface area (Å²) in [6.45, 7) is 2.62. The first-order valence-corrected chi connectivity index (χ1v) is 17.4. The van der Waals surface area contributed by atoms with E-state index in [0.717, 1.165) is 5.56 Å². The zero-order chi connectivity index (χ0) is 33.2. The second-order valence-corrected chi connectivity index (χ2v) is 15.8. The molecule has 0 saturated heterocycles. The lowest BCUT2D eigenvalue weighted by atomic mass is 9.89. The van der Waals surface area contributed by atoms with E-state index in [1.54, 1.807) is 34.1 Å². The van der Waals surface area contributed by atoms with Gasteiger partial charge in [0, 0.05) is 41.5 Å². The largest absolute Gasteiger partial charge is 0.513 e. The molecule has 242 valence electrons. The van der Waals surface area contributed by atoms with Crippen molar-refractivity contribution in [1.29, 1.82) is 0 Å². The molecule has 3 aromatic rings. The van der Waals surface area contributed by atoms with Gasteiger partial charge in [-0.15, -0.1) is 0 Å². The summed E-state index contributed by atoms with van der Waals surface area (Å²) in [6, 6.07) is 19.8. The number of hydrogen-bond donors (Lipinski definition) is 1. The number of halogens is 4. The number of hydrogen-bond acceptors (Lipinski definition) is 7. The van der Waals surface area contributed by atoms with Crippen molar-refractivity contribution in [3.05, 3.63) is 88.9 Å². The van der Waals surface area contributed by atoms with Gasteiger partial charge in [0.05, 0.1) is 12.6 Å². The molecule has 0 radical (unpaired) electrons. The van der Waals surface area contributed by atoms with Crippen LogP contribution in [0.25, 0.3) is 0 Å². The summed E-state index contributed by atoms with van der Waals surface area (Å²) in [5.41, 5.74) is -3.47. The maximum absolute atomic E-state index is 13.7. The third-order valence-electron chi connectivity index (χ3n) is 7.08. The number of nitrogens with one attached hydrogen (secondary N) is 1. The summed E-state index contributed by atoms with van der Waals surface area (Å²) in [5.74, 6) is -0.158. The molecule has 0 unspecified atom stereocenters. The van der Waals surface area contributed by atoms with Crippen LogP contribution in [0.4, 0.5) is 24.5 Å². The van der Waals surface area contributed by atoms with Crippen LogP contribution in [0.15, 0.2) is 72.8 Å². The van der Waals surface area contributed by atoms with Crippen molar-refractivity contribution >= 4 is 52.7 Å². The van der Waals surface area contributed by atoms with E-state index in [2.05, 4.69) is 0 Å². The molecular weight excluding hydrogens is 659 g/mol. The molecule has 1 heterocycles. The van der Waals surface area contributed by atoms with Crippen molar-refractivity contribution in [1.82, 2.24) is 4.72 Å². The highest BCUT2D eigenvalue weighted by molar-refractivity contribution is 8.66. The van der Waals surface area contributed by atoms with Crippen LogP contribution in [0, 0.1) is 0 Å². The van der Waals surface area contributed by atoms with Gasteiger partial charge in [-0.3, -0.25) is 9.59 Å². The number of carbonyl (C=O) groups excluding carboxylic acids is 2. The summed E-state index contributed by atoms with van der Waals surface area (Å²) in [5, 5.41) is 0.540. The van der Waals surface area contributed by atoms with Gasteiger partial charge in [-0.1, -0.05) is 29.8 Å². The number of nitrogens with zero attached hydrogens (tertiary/aromatic N) is 2. The normalized spacial score (nSPS) is 17.0. The van der Waals surface area contributed by atoms with E-state index in [-0.39, 0.29) is 36.9 Å². The molecule has 3 aromatic carbocycles.